The fourth-order valence-electron chi connectivity index (χ4n) is 3.80. The van der Waals surface area contributed by atoms with Crippen molar-refractivity contribution in [2.75, 3.05) is 39.3 Å². The van der Waals surface area contributed by atoms with Crippen molar-refractivity contribution < 1.29 is 0 Å². The van der Waals surface area contributed by atoms with E-state index in [1.54, 1.807) is 0 Å². The van der Waals surface area contributed by atoms with Crippen molar-refractivity contribution in [3.63, 3.8) is 0 Å². The largest absolute Gasteiger partial charge is 0.313 e. The molecule has 17 heavy (non-hydrogen) atoms. The van der Waals surface area contributed by atoms with Crippen LogP contribution in [0.4, 0.5) is 0 Å². The zero-order valence-electron chi connectivity index (χ0n) is 11.0. The summed E-state index contributed by atoms with van der Waals surface area (Å²) in [6.07, 6.45) is 8.64. The Kier molecular flexibility index (Phi) is 3.99. The molecule has 0 amide bonds. The van der Waals surface area contributed by atoms with Gasteiger partial charge in [0.05, 0.1) is 0 Å². The Hall–Kier alpha value is -0.120. The van der Waals surface area contributed by atoms with Crippen LogP contribution in [0.2, 0.25) is 0 Å². The summed E-state index contributed by atoms with van der Waals surface area (Å²) >= 11 is 0. The van der Waals surface area contributed by atoms with Gasteiger partial charge in [-0.1, -0.05) is 12.8 Å². The molecule has 2 aliphatic heterocycles. The smallest absolute Gasteiger partial charge is 0.0195 e. The topological polar surface area (TPSA) is 18.5 Å². The van der Waals surface area contributed by atoms with Gasteiger partial charge in [0.2, 0.25) is 0 Å². The number of hydrogen-bond acceptors (Lipinski definition) is 3. The number of piperazine rings is 1. The van der Waals surface area contributed by atoms with E-state index in [1.165, 1.54) is 77.8 Å². The third kappa shape index (κ3) is 3.01. The molecule has 1 N–H and O–H groups in total. The van der Waals surface area contributed by atoms with Crippen molar-refractivity contribution >= 4 is 0 Å². The van der Waals surface area contributed by atoms with Crippen molar-refractivity contribution in [1.29, 1.82) is 0 Å². The maximum absolute atomic E-state index is 3.61. The predicted molar refractivity (Wildman–Crippen MR) is 71.3 cm³/mol. The van der Waals surface area contributed by atoms with Gasteiger partial charge < -0.3 is 5.32 Å². The Morgan fingerprint density at radius 1 is 0.882 bits per heavy atom. The van der Waals surface area contributed by atoms with Gasteiger partial charge in [0.25, 0.3) is 0 Å². The van der Waals surface area contributed by atoms with E-state index in [4.69, 9.17) is 0 Å². The van der Waals surface area contributed by atoms with Crippen molar-refractivity contribution in [1.82, 2.24) is 15.1 Å². The van der Waals surface area contributed by atoms with E-state index >= 15 is 0 Å². The molecule has 3 heteroatoms. The maximum Gasteiger partial charge on any atom is 0.0195 e. The zero-order chi connectivity index (χ0) is 11.5. The Balaban J connectivity index is 1.40. The molecule has 1 saturated carbocycles. The third-order valence-electron chi connectivity index (χ3n) is 4.89. The lowest BCUT2D eigenvalue weighted by molar-refractivity contribution is 0.0928. The first-order chi connectivity index (χ1) is 8.42. The van der Waals surface area contributed by atoms with Crippen LogP contribution in [0.15, 0.2) is 0 Å². The monoisotopic (exact) mass is 237 g/mol. The van der Waals surface area contributed by atoms with E-state index in [9.17, 15) is 0 Å². The van der Waals surface area contributed by atoms with Gasteiger partial charge in [-0.3, -0.25) is 9.80 Å². The highest BCUT2D eigenvalue weighted by atomic mass is 15.3. The van der Waals surface area contributed by atoms with E-state index in [0.717, 1.165) is 12.1 Å². The number of nitrogens with zero attached hydrogens (tertiary/aromatic N) is 2. The molecule has 3 fully saturated rings. The molecule has 0 aromatic heterocycles. The zero-order valence-corrected chi connectivity index (χ0v) is 11.0. The van der Waals surface area contributed by atoms with E-state index in [2.05, 4.69) is 15.1 Å². The number of nitrogens with one attached hydrogen (secondary N) is 1. The van der Waals surface area contributed by atoms with Crippen LogP contribution in [0.25, 0.3) is 0 Å². The minimum atomic E-state index is 0.785. The van der Waals surface area contributed by atoms with E-state index in [-0.39, 0.29) is 0 Å². The van der Waals surface area contributed by atoms with Gasteiger partial charge in [-0.2, -0.15) is 0 Å². The third-order valence-corrected chi connectivity index (χ3v) is 4.89. The van der Waals surface area contributed by atoms with E-state index in [0.29, 0.717) is 0 Å². The van der Waals surface area contributed by atoms with Crippen LogP contribution in [0, 0.1) is 0 Å². The van der Waals surface area contributed by atoms with Crippen LogP contribution < -0.4 is 5.32 Å². The molecular weight excluding hydrogens is 210 g/mol. The number of hydrogen-bond donors (Lipinski definition) is 1. The molecular formula is C14H27N3. The van der Waals surface area contributed by atoms with Crippen molar-refractivity contribution in [2.45, 2.75) is 50.6 Å². The van der Waals surface area contributed by atoms with Crippen molar-refractivity contribution in [3.8, 4) is 0 Å². The Bertz CT molecular complexity index is 224. The molecule has 2 saturated heterocycles. The molecule has 0 bridgehead atoms. The second kappa shape index (κ2) is 5.68. The average Bonchev–Trinajstić information content (AvgIpc) is 3.01. The maximum atomic E-state index is 3.61. The normalized spacial score (nSPS) is 33.5. The van der Waals surface area contributed by atoms with Crippen LogP contribution in [-0.4, -0.2) is 61.2 Å². The van der Waals surface area contributed by atoms with Crippen LogP contribution in [0.3, 0.4) is 0 Å². The summed E-state index contributed by atoms with van der Waals surface area (Å²) in [5, 5.41) is 3.61. The van der Waals surface area contributed by atoms with Gasteiger partial charge in [0.15, 0.2) is 0 Å². The standard InChI is InChI=1S/C14H27N3/c1-2-6-14(5-1)17-10-8-16(9-11-17)12-13-4-3-7-15-13/h13-15H,1-12H2/t13-/m0/s1. The predicted octanol–water partition coefficient (Wildman–Crippen LogP) is 1.30. The molecule has 98 valence electrons. The fraction of sp³-hybridized carbons (Fsp3) is 1.00. The second-order valence-corrected chi connectivity index (χ2v) is 6.07. The summed E-state index contributed by atoms with van der Waals surface area (Å²) < 4.78 is 0. The summed E-state index contributed by atoms with van der Waals surface area (Å²) in [5.41, 5.74) is 0. The molecule has 3 nitrogen and oxygen atoms in total. The lowest BCUT2D eigenvalue weighted by atomic mass is 10.1. The van der Waals surface area contributed by atoms with Crippen molar-refractivity contribution in [2.24, 2.45) is 0 Å². The fourth-order valence-corrected chi connectivity index (χ4v) is 3.80. The average molecular weight is 237 g/mol. The van der Waals surface area contributed by atoms with Gasteiger partial charge >= 0.3 is 0 Å². The number of rotatable bonds is 3. The molecule has 0 spiro atoms. The van der Waals surface area contributed by atoms with Crippen LogP contribution >= 0.6 is 0 Å². The highest BCUT2D eigenvalue weighted by molar-refractivity contribution is 4.84. The van der Waals surface area contributed by atoms with Gasteiger partial charge in [0.1, 0.15) is 0 Å². The molecule has 3 aliphatic rings. The Morgan fingerprint density at radius 3 is 2.29 bits per heavy atom. The van der Waals surface area contributed by atoms with Gasteiger partial charge in [-0.25, -0.2) is 0 Å². The lowest BCUT2D eigenvalue weighted by Gasteiger charge is -2.38. The molecule has 1 aliphatic carbocycles. The summed E-state index contributed by atoms with van der Waals surface area (Å²) in [7, 11) is 0. The van der Waals surface area contributed by atoms with E-state index < -0.39 is 0 Å². The van der Waals surface area contributed by atoms with Crippen LogP contribution in [0.5, 0.6) is 0 Å². The van der Waals surface area contributed by atoms with Gasteiger partial charge in [-0.15, -0.1) is 0 Å². The minimum Gasteiger partial charge on any atom is -0.313 e. The summed E-state index contributed by atoms with van der Waals surface area (Å²) in [6.45, 7) is 7.77. The highest BCUT2D eigenvalue weighted by Crippen LogP contribution is 2.24. The SMILES string of the molecule is C1CCC(N2CCN(C[C@@H]3CCCN3)CC2)C1. The molecule has 0 aromatic rings. The molecule has 1 atom stereocenters. The molecule has 3 rings (SSSR count). The molecule has 0 aromatic carbocycles. The second-order valence-electron chi connectivity index (χ2n) is 6.07. The van der Waals surface area contributed by atoms with Crippen LogP contribution in [-0.2, 0) is 0 Å². The first kappa shape index (κ1) is 11.9. The first-order valence-electron chi connectivity index (χ1n) is 7.61. The Morgan fingerprint density at radius 2 is 1.65 bits per heavy atom. The van der Waals surface area contributed by atoms with E-state index in [1.807, 2.05) is 0 Å². The lowest BCUT2D eigenvalue weighted by Crippen LogP contribution is -2.52. The summed E-state index contributed by atoms with van der Waals surface area (Å²) in [4.78, 5) is 5.43. The first-order valence-corrected chi connectivity index (χ1v) is 7.61. The van der Waals surface area contributed by atoms with Crippen molar-refractivity contribution in [3.05, 3.63) is 0 Å². The van der Waals surface area contributed by atoms with Gasteiger partial charge in [-0.05, 0) is 32.2 Å². The minimum absolute atomic E-state index is 0.785. The quantitative estimate of drug-likeness (QED) is 0.798. The van der Waals surface area contributed by atoms with Gasteiger partial charge in [0, 0.05) is 44.8 Å². The van der Waals surface area contributed by atoms with Crippen LogP contribution in [0.1, 0.15) is 38.5 Å². The highest BCUT2D eigenvalue weighted by Gasteiger charge is 2.27. The Labute approximate surface area is 106 Å². The molecule has 2 heterocycles. The molecule has 0 radical (unpaired) electrons. The summed E-state index contributed by atoms with van der Waals surface area (Å²) in [6, 6.07) is 1.72. The summed E-state index contributed by atoms with van der Waals surface area (Å²) in [5.74, 6) is 0. The molecule has 0 unspecified atom stereocenters.